The van der Waals surface area contributed by atoms with Crippen molar-refractivity contribution in [3.8, 4) is 0 Å². The van der Waals surface area contributed by atoms with Gasteiger partial charge in [-0.1, -0.05) is 18.2 Å². The number of fused-ring (bicyclic) bond motifs is 1. The van der Waals surface area contributed by atoms with E-state index in [1.807, 2.05) is 36.4 Å². The first-order chi connectivity index (χ1) is 12.2. The van der Waals surface area contributed by atoms with Crippen LogP contribution in [-0.4, -0.2) is 32.7 Å². The second-order valence-corrected chi connectivity index (χ2v) is 5.82. The van der Waals surface area contributed by atoms with E-state index in [0.717, 1.165) is 35.7 Å². The van der Waals surface area contributed by atoms with E-state index in [1.54, 1.807) is 13.3 Å². The van der Waals surface area contributed by atoms with Crippen LogP contribution in [0.3, 0.4) is 0 Å². The van der Waals surface area contributed by atoms with E-state index in [9.17, 15) is 4.79 Å². The Morgan fingerprint density at radius 2 is 1.92 bits per heavy atom. The summed E-state index contributed by atoms with van der Waals surface area (Å²) in [5.41, 5.74) is 4.52. The van der Waals surface area contributed by atoms with Gasteiger partial charge in [-0.2, -0.15) is 0 Å². The molecule has 0 unspecified atom stereocenters. The van der Waals surface area contributed by atoms with E-state index < -0.39 is 0 Å². The first-order valence-corrected chi connectivity index (χ1v) is 8.44. The minimum absolute atomic E-state index is 0.0814. The monoisotopic (exact) mass is 337 g/mol. The molecule has 1 aliphatic rings. The summed E-state index contributed by atoms with van der Waals surface area (Å²) in [6, 6.07) is 15.9. The number of nitrogens with zero attached hydrogens (tertiary/aromatic N) is 1. The fraction of sp³-hybridized carbons (Fsp3) is 0.250. The lowest BCUT2D eigenvalue weighted by molar-refractivity contribution is -0.110. The Kier molecular flexibility index (Phi) is 5.36. The topological polar surface area (TPSA) is 53.6 Å². The Morgan fingerprint density at radius 3 is 2.64 bits per heavy atom. The largest absolute Gasteiger partial charge is 0.383 e. The number of carbonyl (C=O) groups excluding carboxylic acids is 1. The van der Waals surface area contributed by atoms with Gasteiger partial charge >= 0.3 is 0 Å². The highest BCUT2D eigenvalue weighted by atomic mass is 16.5. The minimum Gasteiger partial charge on any atom is -0.383 e. The molecule has 0 aliphatic carbocycles. The molecule has 2 aromatic rings. The van der Waals surface area contributed by atoms with Gasteiger partial charge in [0.15, 0.2) is 0 Å². The molecular weight excluding hydrogens is 314 g/mol. The number of rotatable bonds is 7. The molecule has 0 spiro atoms. The van der Waals surface area contributed by atoms with Gasteiger partial charge < -0.3 is 20.3 Å². The molecule has 0 radical (unpaired) electrons. The Hall–Kier alpha value is -2.79. The van der Waals surface area contributed by atoms with Crippen molar-refractivity contribution in [2.24, 2.45) is 0 Å². The van der Waals surface area contributed by atoms with Crippen molar-refractivity contribution >= 4 is 28.5 Å². The number of para-hydroxylation sites is 1. The second-order valence-electron chi connectivity index (χ2n) is 5.82. The number of amides is 1. The molecule has 0 saturated heterocycles. The smallest absolute Gasteiger partial charge is 0.257 e. The highest BCUT2D eigenvalue weighted by Gasteiger charge is 2.23. The van der Waals surface area contributed by atoms with Crippen molar-refractivity contribution in [3.05, 3.63) is 60.3 Å². The van der Waals surface area contributed by atoms with Crippen LogP contribution >= 0.6 is 0 Å². The molecule has 0 atom stereocenters. The van der Waals surface area contributed by atoms with Gasteiger partial charge in [-0.25, -0.2) is 0 Å². The zero-order chi connectivity index (χ0) is 17.6. The molecule has 25 heavy (non-hydrogen) atoms. The molecule has 1 aliphatic heterocycles. The van der Waals surface area contributed by atoms with Crippen LogP contribution < -0.4 is 15.5 Å². The molecule has 0 fully saturated rings. The first kappa shape index (κ1) is 17.0. The number of carbonyl (C=O) groups is 1. The fourth-order valence-corrected chi connectivity index (χ4v) is 2.88. The molecule has 0 bridgehead atoms. The summed E-state index contributed by atoms with van der Waals surface area (Å²) >= 11 is 0. The van der Waals surface area contributed by atoms with Gasteiger partial charge in [-0.3, -0.25) is 4.79 Å². The van der Waals surface area contributed by atoms with Crippen LogP contribution in [0.15, 0.2) is 54.7 Å². The van der Waals surface area contributed by atoms with E-state index >= 15 is 0 Å². The molecule has 130 valence electrons. The van der Waals surface area contributed by atoms with Crippen LogP contribution in [0.4, 0.5) is 17.1 Å². The SMILES string of the molecule is CCN(CCOC)c1ccc(N/C=C2\C(=O)Nc3ccccc32)cc1. The molecular formula is C20H23N3O2. The van der Waals surface area contributed by atoms with Crippen molar-refractivity contribution in [1.82, 2.24) is 0 Å². The lowest BCUT2D eigenvalue weighted by atomic mass is 10.1. The maximum atomic E-state index is 12.1. The predicted octanol–water partition coefficient (Wildman–Crippen LogP) is 3.56. The second kappa shape index (κ2) is 7.85. The average molecular weight is 337 g/mol. The van der Waals surface area contributed by atoms with Gasteiger partial charge in [0.05, 0.1) is 12.2 Å². The maximum Gasteiger partial charge on any atom is 0.257 e. The van der Waals surface area contributed by atoms with Gasteiger partial charge in [0, 0.05) is 49.0 Å². The Bertz CT molecular complexity index is 769. The van der Waals surface area contributed by atoms with Crippen molar-refractivity contribution < 1.29 is 9.53 Å². The summed E-state index contributed by atoms with van der Waals surface area (Å²) < 4.78 is 5.15. The van der Waals surface area contributed by atoms with E-state index in [0.29, 0.717) is 12.2 Å². The molecule has 1 amide bonds. The summed E-state index contributed by atoms with van der Waals surface area (Å²) in [6.07, 6.45) is 1.76. The van der Waals surface area contributed by atoms with Crippen molar-refractivity contribution in [3.63, 3.8) is 0 Å². The normalized spacial score (nSPS) is 14.3. The summed E-state index contributed by atoms with van der Waals surface area (Å²) in [7, 11) is 1.71. The summed E-state index contributed by atoms with van der Waals surface area (Å²) in [6.45, 7) is 4.62. The summed E-state index contributed by atoms with van der Waals surface area (Å²) in [5, 5.41) is 6.09. The standard InChI is InChI=1S/C20H23N3O2/c1-3-23(12-13-25-2)16-10-8-15(9-11-16)21-14-18-17-6-4-5-7-19(17)22-20(18)24/h4-11,14,21H,3,12-13H2,1-2H3,(H,22,24)/b18-14-. The zero-order valence-electron chi connectivity index (χ0n) is 14.6. The predicted molar refractivity (Wildman–Crippen MR) is 103 cm³/mol. The summed E-state index contributed by atoms with van der Waals surface area (Å²) in [5.74, 6) is -0.0814. The van der Waals surface area contributed by atoms with Crippen LogP contribution in [0.1, 0.15) is 12.5 Å². The minimum atomic E-state index is -0.0814. The Morgan fingerprint density at radius 1 is 1.16 bits per heavy atom. The lowest BCUT2D eigenvalue weighted by Gasteiger charge is -2.22. The van der Waals surface area contributed by atoms with Gasteiger partial charge in [-0.15, -0.1) is 0 Å². The molecule has 0 saturated carbocycles. The number of likely N-dealkylation sites (N-methyl/N-ethyl adjacent to an activating group) is 1. The van der Waals surface area contributed by atoms with Gasteiger partial charge in [0.25, 0.3) is 5.91 Å². The van der Waals surface area contributed by atoms with Crippen LogP contribution in [0.25, 0.3) is 5.57 Å². The van der Waals surface area contributed by atoms with Crippen LogP contribution in [0.5, 0.6) is 0 Å². The van der Waals surface area contributed by atoms with E-state index in [1.165, 1.54) is 0 Å². The van der Waals surface area contributed by atoms with E-state index in [2.05, 4.69) is 34.6 Å². The lowest BCUT2D eigenvalue weighted by Crippen LogP contribution is -2.26. The molecule has 5 nitrogen and oxygen atoms in total. The van der Waals surface area contributed by atoms with E-state index in [-0.39, 0.29) is 5.91 Å². The number of benzene rings is 2. The Balaban J connectivity index is 1.71. The number of anilines is 3. The third-order valence-electron chi connectivity index (χ3n) is 4.27. The highest BCUT2D eigenvalue weighted by Crippen LogP contribution is 2.31. The fourth-order valence-electron chi connectivity index (χ4n) is 2.88. The van der Waals surface area contributed by atoms with Crippen LogP contribution in [0, 0.1) is 0 Å². The van der Waals surface area contributed by atoms with Crippen molar-refractivity contribution in [2.75, 3.05) is 42.3 Å². The quantitative estimate of drug-likeness (QED) is 0.759. The van der Waals surface area contributed by atoms with Crippen LogP contribution in [0.2, 0.25) is 0 Å². The average Bonchev–Trinajstić information content (AvgIpc) is 2.96. The van der Waals surface area contributed by atoms with Crippen molar-refractivity contribution in [1.29, 1.82) is 0 Å². The maximum absolute atomic E-state index is 12.1. The first-order valence-electron chi connectivity index (χ1n) is 8.44. The van der Waals surface area contributed by atoms with E-state index in [4.69, 9.17) is 4.74 Å². The molecule has 3 rings (SSSR count). The number of nitrogens with one attached hydrogen (secondary N) is 2. The highest BCUT2D eigenvalue weighted by molar-refractivity contribution is 6.31. The van der Waals surface area contributed by atoms with Gasteiger partial charge in [0.2, 0.25) is 0 Å². The molecule has 0 aromatic heterocycles. The van der Waals surface area contributed by atoms with Crippen LogP contribution in [-0.2, 0) is 9.53 Å². The molecule has 5 heteroatoms. The van der Waals surface area contributed by atoms with Crippen molar-refractivity contribution in [2.45, 2.75) is 6.92 Å². The number of hydrogen-bond acceptors (Lipinski definition) is 4. The molecule has 2 aromatic carbocycles. The number of methoxy groups -OCH3 is 1. The molecule has 1 heterocycles. The zero-order valence-corrected chi connectivity index (χ0v) is 14.6. The number of ether oxygens (including phenoxy) is 1. The third-order valence-corrected chi connectivity index (χ3v) is 4.27. The Labute approximate surface area is 148 Å². The number of hydrogen-bond donors (Lipinski definition) is 2. The summed E-state index contributed by atoms with van der Waals surface area (Å²) in [4.78, 5) is 14.4. The van der Waals surface area contributed by atoms with Gasteiger partial charge in [0.1, 0.15) is 0 Å². The van der Waals surface area contributed by atoms with Gasteiger partial charge in [-0.05, 0) is 37.3 Å². The molecule has 2 N–H and O–H groups in total. The third kappa shape index (κ3) is 3.83.